The lowest BCUT2D eigenvalue weighted by Gasteiger charge is -2.34. The standard InChI is InChI=1S/C16H19N3O2S/c20-16(21)15-4-3-13(10-17-15)11-18-5-7-19(8-6-18)12-14-2-1-9-22-14/h1-4,9-10H,5-8,11-12H2,(H,20,21). The van der Waals surface area contributed by atoms with E-state index in [9.17, 15) is 4.79 Å². The van der Waals surface area contributed by atoms with Crippen LogP contribution in [-0.2, 0) is 13.1 Å². The fourth-order valence-corrected chi connectivity index (χ4v) is 3.38. The van der Waals surface area contributed by atoms with Gasteiger partial charge in [0.15, 0.2) is 0 Å². The van der Waals surface area contributed by atoms with Crippen LogP contribution in [0.1, 0.15) is 20.9 Å². The maximum absolute atomic E-state index is 10.8. The monoisotopic (exact) mass is 317 g/mol. The molecule has 0 atom stereocenters. The first-order chi connectivity index (χ1) is 10.7. The Bertz CT molecular complexity index is 605. The van der Waals surface area contributed by atoms with E-state index >= 15 is 0 Å². The van der Waals surface area contributed by atoms with Gasteiger partial charge in [-0.3, -0.25) is 9.80 Å². The predicted octanol–water partition coefficient (Wildman–Crippen LogP) is 2.16. The molecule has 0 spiro atoms. The number of aromatic carboxylic acids is 1. The molecule has 2 aromatic heterocycles. The Labute approximate surface area is 133 Å². The summed E-state index contributed by atoms with van der Waals surface area (Å²) in [6, 6.07) is 7.72. The van der Waals surface area contributed by atoms with E-state index in [1.54, 1.807) is 12.3 Å². The summed E-state index contributed by atoms with van der Waals surface area (Å²) < 4.78 is 0. The average molecular weight is 317 g/mol. The second-order valence-electron chi connectivity index (χ2n) is 5.49. The van der Waals surface area contributed by atoms with Gasteiger partial charge in [0.1, 0.15) is 5.69 Å². The molecule has 0 amide bonds. The van der Waals surface area contributed by atoms with Crippen molar-refractivity contribution in [2.24, 2.45) is 0 Å². The summed E-state index contributed by atoms with van der Waals surface area (Å²) in [6.07, 6.45) is 1.67. The quantitative estimate of drug-likeness (QED) is 0.916. The number of thiophene rings is 1. The summed E-state index contributed by atoms with van der Waals surface area (Å²) in [4.78, 5) is 21.1. The summed E-state index contributed by atoms with van der Waals surface area (Å²) in [6.45, 7) is 6.08. The smallest absolute Gasteiger partial charge is 0.354 e. The van der Waals surface area contributed by atoms with Gasteiger partial charge >= 0.3 is 5.97 Å². The van der Waals surface area contributed by atoms with Crippen molar-refractivity contribution in [2.75, 3.05) is 26.2 Å². The molecule has 1 aliphatic heterocycles. The highest BCUT2D eigenvalue weighted by Gasteiger charge is 2.17. The van der Waals surface area contributed by atoms with Gasteiger partial charge in [0.25, 0.3) is 0 Å². The number of rotatable bonds is 5. The van der Waals surface area contributed by atoms with Crippen LogP contribution in [0.2, 0.25) is 0 Å². The van der Waals surface area contributed by atoms with Crippen molar-refractivity contribution in [3.63, 3.8) is 0 Å². The van der Waals surface area contributed by atoms with Crippen LogP contribution in [-0.4, -0.2) is 52.0 Å². The van der Waals surface area contributed by atoms with E-state index in [4.69, 9.17) is 5.11 Å². The first-order valence-electron chi connectivity index (χ1n) is 7.36. The summed E-state index contributed by atoms with van der Waals surface area (Å²) in [5.41, 5.74) is 1.17. The van der Waals surface area contributed by atoms with Crippen LogP contribution in [0.5, 0.6) is 0 Å². The number of aromatic nitrogens is 1. The molecule has 0 aromatic carbocycles. The van der Waals surface area contributed by atoms with E-state index < -0.39 is 5.97 Å². The van der Waals surface area contributed by atoms with Crippen LogP contribution < -0.4 is 0 Å². The fourth-order valence-electron chi connectivity index (χ4n) is 2.63. The molecule has 0 unspecified atom stereocenters. The number of hydrogen-bond acceptors (Lipinski definition) is 5. The van der Waals surface area contributed by atoms with Crippen molar-refractivity contribution in [2.45, 2.75) is 13.1 Å². The van der Waals surface area contributed by atoms with Crippen molar-refractivity contribution in [3.8, 4) is 0 Å². The van der Waals surface area contributed by atoms with E-state index in [0.29, 0.717) is 0 Å². The lowest BCUT2D eigenvalue weighted by Crippen LogP contribution is -2.45. The lowest BCUT2D eigenvalue weighted by atomic mass is 10.2. The zero-order chi connectivity index (χ0) is 15.4. The molecule has 1 saturated heterocycles. The number of carboxylic acid groups (broad SMARTS) is 1. The Morgan fingerprint density at radius 2 is 1.86 bits per heavy atom. The van der Waals surface area contributed by atoms with E-state index in [2.05, 4.69) is 32.3 Å². The maximum atomic E-state index is 10.8. The third-order valence-corrected chi connectivity index (χ3v) is 4.74. The minimum Gasteiger partial charge on any atom is -0.477 e. The molecule has 0 bridgehead atoms. The summed E-state index contributed by atoms with van der Waals surface area (Å²) in [5, 5.41) is 11.0. The largest absolute Gasteiger partial charge is 0.477 e. The van der Waals surface area contributed by atoms with Crippen LogP contribution in [0.15, 0.2) is 35.8 Å². The molecule has 3 rings (SSSR count). The van der Waals surface area contributed by atoms with Crippen molar-refractivity contribution in [3.05, 3.63) is 52.0 Å². The molecule has 0 radical (unpaired) electrons. The van der Waals surface area contributed by atoms with Crippen LogP contribution in [0.25, 0.3) is 0 Å². The molecule has 5 nitrogen and oxygen atoms in total. The van der Waals surface area contributed by atoms with Gasteiger partial charge in [-0.25, -0.2) is 9.78 Å². The van der Waals surface area contributed by atoms with Crippen molar-refractivity contribution < 1.29 is 9.90 Å². The number of pyridine rings is 1. The molecule has 1 aliphatic rings. The van der Waals surface area contributed by atoms with Crippen LogP contribution in [0.4, 0.5) is 0 Å². The van der Waals surface area contributed by atoms with E-state index in [-0.39, 0.29) is 5.69 Å². The minimum absolute atomic E-state index is 0.101. The molecule has 2 aromatic rings. The van der Waals surface area contributed by atoms with Crippen molar-refractivity contribution in [1.82, 2.24) is 14.8 Å². The topological polar surface area (TPSA) is 56.7 Å². The van der Waals surface area contributed by atoms with Gasteiger partial charge in [0.05, 0.1) is 0 Å². The molecule has 0 aliphatic carbocycles. The lowest BCUT2D eigenvalue weighted by molar-refractivity contribution is 0.0690. The first kappa shape index (κ1) is 15.1. The average Bonchev–Trinajstić information content (AvgIpc) is 3.03. The highest BCUT2D eigenvalue weighted by molar-refractivity contribution is 7.09. The number of nitrogens with zero attached hydrogens (tertiary/aromatic N) is 3. The SMILES string of the molecule is O=C(O)c1ccc(CN2CCN(Cc3cccs3)CC2)cn1. The Morgan fingerprint density at radius 3 is 2.41 bits per heavy atom. The second kappa shape index (κ2) is 7.00. The number of carbonyl (C=O) groups is 1. The molecule has 1 N–H and O–H groups in total. The normalized spacial score (nSPS) is 16.7. The molecule has 6 heteroatoms. The third-order valence-electron chi connectivity index (χ3n) is 3.87. The van der Waals surface area contributed by atoms with E-state index in [1.807, 2.05) is 17.4 Å². The Kier molecular flexibility index (Phi) is 4.82. The van der Waals surface area contributed by atoms with Crippen LogP contribution in [0.3, 0.4) is 0 Å². The van der Waals surface area contributed by atoms with Gasteiger partial charge in [-0.2, -0.15) is 0 Å². The van der Waals surface area contributed by atoms with Gasteiger partial charge in [-0.05, 0) is 23.1 Å². The Balaban J connectivity index is 1.48. The highest BCUT2D eigenvalue weighted by Crippen LogP contribution is 2.14. The number of hydrogen-bond donors (Lipinski definition) is 1. The first-order valence-corrected chi connectivity index (χ1v) is 8.24. The second-order valence-corrected chi connectivity index (χ2v) is 6.52. The minimum atomic E-state index is -0.978. The van der Waals surface area contributed by atoms with Gasteiger partial charge in [0, 0.05) is 50.3 Å². The summed E-state index contributed by atoms with van der Waals surface area (Å²) >= 11 is 1.81. The van der Waals surface area contributed by atoms with Gasteiger partial charge in [-0.15, -0.1) is 11.3 Å². The van der Waals surface area contributed by atoms with Gasteiger partial charge in [0.2, 0.25) is 0 Å². The molecule has 22 heavy (non-hydrogen) atoms. The molecule has 3 heterocycles. The van der Waals surface area contributed by atoms with Gasteiger partial charge in [-0.1, -0.05) is 12.1 Å². The third kappa shape index (κ3) is 3.91. The van der Waals surface area contributed by atoms with E-state index in [1.165, 1.54) is 4.88 Å². The van der Waals surface area contributed by atoms with Crippen LogP contribution >= 0.6 is 11.3 Å². The number of carboxylic acids is 1. The van der Waals surface area contributed by atoms with Crippen molar-refractivity contribution >= 4 is 17.3 Å². The highest BCUT2D eigenvalue weighted by atomic mass is 32.1. The summed E-state index contributed by atoms with van der Waals surface area (Å²) in [5.74, 6) is -0.978. The molecule has 0 saturated carbocycles. The molecule has 116 valence electrons. The predicted molar refractivity (Wildman–Crippen MR) is 86.1 cm³/mol. The number of piperazine rings is 1. The Morgan fingerprint density at radius 1 is 1.14 bits per heavy atom. The molecule has 1 fully saturated rings. The Hall–Kier alpha value is -1.76. The van der Waals surface area contributed by atoms with Crippen molar-refractivity contribution in [1.29, 1.82) is 0 Å². The molecular formula is C16H19N3O2S. The zero-order valence-corrected chi connectivity index (χ0v) is 13.1. The zero-order valence-electron chi connectivity index (χ0n) is 12.3. The van der Waals surface area contributed by atoms with E-state index in [0.717, 1.165) is 44.8 Å². The maximum Gasteiger partial charge on any atom is 0.354 e. The van der Waals surface area contributed by atoms with Crippen LogP contribution in [0, 0.1) is 0 Å². The fraction of sp³-hybridized carbons (Fsp3) is 0.375. The molecular weight excluding hydrogens is 298 g/mol. The summed E-state index contributed by atoms with van der Waals surface area (Å²) in [7, 11) is 0. The van der Waals surface area contributed by atoms with Gasteiger partial charge < -0.3 is 5.11 Å².